The van der Waals surface area contributed by atoms with Gasteiger partial charge in [-0.05, 0) is 39.7 Å². The average molecular weight is 466 g/mol. The molecule has 1 aliphatic heterocycles. The van der Waals surface area contributed by atoms with E-state index in [4.69, 9.17) is 21.0 Å². The number of hydrogen-bond acceptors (Lipinski definition) is 4. The SMILES string of the molecule is [C-]#[N+]c1ccc(-c2cc3n(c2)Cc2nc(Br)ccc2NC3=NCC(OC)OC)cc1. The number of amidine groups is 1. The van der Waals surface area contributed by atoms with Gasteiger partial charge in [-0.1, -0.05) is 24.3 Å². The van der Waals surface area contributed by atoms with Crippen LogP contribution in [0.25, 0.3) is 16.0 Å². The second-order valence-electron chi connectivity index (χ2n) is 6.74. The smallest absolute Gasteiger partial charge is 0.187 e. The molecule has 1 N–H and O–H groups in total. The van der Waals surface area contributed by atoms with Crippen molar-refractivity contribution in [3.05, 3.63) is 76.1 Å². The molecular weight excluding hydrogens is 446 g/mol. The van der Waals surface area contributed by atoms with Crippen molar-refractivity contribution in [2.24, 2.45) is 4.99 Å². The third-order valence-electron chi connectivity index (χ3n) is 4.91. The van der Waals surface area contributed by atoms with E-state index in [0.717, 1.165) is 38.6 Å². The van der Waals surface area contributed by atoms with Crippen molar-refractivity contribution in [3.63, 3.8) is 0 Å². The van der Waals surface area contributed by atoms with Crippen LogP contribution in [0.2, 0.25) is 0 Å². The third kappa shape index (κ3) is 4.14. The monoisotopic (exact) mass is 465 g/mol. The van der Waals surface area contributed by atoms with E-state index in [1.165, 1.54) is 0 Å². The molecule has 1 aliphatic rings. The number of hydrogen-bond donors (Lipinski definition) is 1. The van der Waals surface area contributed by atoms with Gasteiger partial charge in [0.25, 0.3) is 0 Å². The van der Waals surface area contributed by atoms with Crippen LogP contribution < -0.4 is 5.32 Å². The van der Waals surface area contributed by atoms with Gasteiger partial charge in [-0.15, -0.1) is 0 Å². The second-order valence-corrected chi connectivity index (χ2v) is 7.56. The van der Waals surface area contributed by atoms with E-state index < -0.39 is 6.29 Å². The predicted molar refractivity (Wildman–Crippen MR) is 120 cm³/mol. The van der Waals surface area contributed by atoms with E-state index in [9.17, 15) is 0 Å². The van der Waals surface area contributed by atoms with Gasteiger partial charge in [-0.3, -0.25) is 4.99 Å². The van der Waals surface area contributed by atoms with Crippen LogP contribution in [0.1, 0.15) is 11.4 Å². The van der Waals surface area contributed by atoms with Gasteiger partial charge in [0.1, 0.15) is 10.4 Å². The Hall–Kier alpha value is -2.99. The quantitative estimate of drug-likeness (QED) is 0.336. The molecule has 0 saturated heterocycles. The number of nitrogens with zero attached hydrogens (tertiary/aromatic N) is 4. The lowest BCUT2D eigenvalue weighted by Crippen LogP contribution is -2.21. The first kappa shape index (κ1) is 20.3. The molecule has 1 aromatic carbocycles. The van der Waals surface area contributed by atoms with E-state index in [2.05, 4.69) is 47.9 Å². The number of halogens is 1. The van der Waals surface area contributed by atoms with Crippen LogP contribution in [-0.2, 0) is 16.0 Å². The van der Waals surface area contributed by atoms with Gasteiger partial charge in [0.2, 0.25) is 0 Å². The summed E-state index contributed by atoms with van der Waals surface area (Å²) < 4.78 is 13.5. The number of anilines is 1. The lowest BCUT2D eigenvalue weighted by molar-refractivity contribution is -0.0936. The summed E-state index contributed by atoms with van der Waals surface area (Å²) in [5.74, 6) is 0.723. The van der Waals surface area contributed by atoms with Gasteiger partial charge in [-0.2, -0.15) is 0 Å². The Morgan fingerprint density at radius 2 is 1.97 bits per heavy atom. The minimum absolute atomic E-state index is 0.356. The van der Waals surface area contributed by atoms with Crippen molar-refractivity contribution in [1.29, 1.82) is 0 Å². The lowest BCUT2D eigenvalue weighted by atomic mass is 10.1. The standard InChI is InChI=1S/C22H20BrN5O2/c1-24-16-6-4-14(5-7-16)15-10-19-22(25-11-21(29-2)30-3)27-17-8-9-20(23)26-18(17)13-28(19)12-15/h4-10,12,21H,11,13H2,2-3H3,(H,25,27). The summed E-state index contributed by atoms with van der Waals surface area (Å²) in [6.45, 7) is 8.10. The van der Waals surface area contributed by atoms with Crippen LogP contribution in [0, 0.1) is 6.57 Å². The van der Waals surface area contributed by atoms with Crippen LogP contribution in [0.15, 0.2) is 58.3 Å². The van der Waals surface area contributed by atoms with Crippen molar-refractivity contribution in [3.8, 4) is 11.1 Å². The molecular formula is C22H20BrN5O2. The molecule has 8 heteroatoms. The van der Waals surface area contributed by atoms with E-state index >= 15 is 0 Å². The molecule has 0 aliphatic carbocycles. The number of fused-ring (bicyclic) bond motifs is 2. The van der Waals surface area contributed by atoms with Gasteiger partial charge in [0, 0.05) is 26.0 Å². The number of aliphatic imine (C=N–C) groups is 1. The lowest BCUT2D eigenvalue weighted by Gasteiger charge is -2.13. The molecule has 2 aromatic heterocycles. The molecule has 3 aromatic rings. The third-order valence-corrected chi connectivity index (χ3v) is 5.35. The number of rotatable bonds is 5. The Bertz CT molecular complexity index is 1130. The summed E-state index contributed by atoms with van der Waals surface area (Å²) in [6.07, 6.45) is 1.66. The molecule has 0 amide bonds. The molecule has 30 heavy (non-hydrogen) atoms. The zero-order chi connectivity index (χ0) is 21.1. The highest BCUT2D eigenvalue weighted by Gasteiger charge is 2.21. The van der Waals surface area contributed by atoms with E-state index in [1.54, 1.807) is 14.2 Å². The summed E-state index contributed by atoms with van der Waals surface area (Å²) in [4.78, 5) is 12.8. The Kier molecular flexibility index (Phi) is 5.95. The molecule has 0 spiro atoms. The van der Waals surface area contributed by atoms with Crippen LogP contribution in [-0.4, -0.2) is 42.4 Å². The molecule has 0 unspecified atom stereocenters. The maximum Gasteiger partial charge on any atom is 0.187 e. The van der Waals surface area contributed by atoms with Crippen molar-refractivity contribution in [1.82, 2.24) is 9.55 Å². The van der Waals surface area contributed by atoms with Gasteiger partial charge in [0.15, 0.2) is 12.0 Å². The van der Waals surface area contributed by atoms with Crippen LogP contribution in [0.3, 0.4) is 0 Å². The first-order valence-corrected chi connectivity index (χ1v) is 10.1. The Morgan fingerprint density at radius 1 is 1.20 bits per heavy atom. The largest absolute Gasteiger partial charge is 0.354 e. The van der Waals surface area contributed by atoms with Gasteiger partial charge < -0.3 is 19.4 Å². The van der Waals surface area contributed by atoms with Gasteiger partial charge in [-0.25, -0.2) is 9.83 Å². The summed E-state index contributed by atoms with van der Waals surface area (Å²) in [7, 11) is 3.19. The van der Waals surface area contributed by atoms with Crippen LogP contribution in [0.5, 0.6) is 0 Å². The average Bonchev–Trinajstić information content (AvgIpc) is 3.12. The molecule has 0 atom stereocenters. The van der Waals surface area contributed by atoms with Crippen LogP contribution in [0.4, 0.5) is 11.4 Å². The maximum atomic E-state index is 7.14. The number of methoxy groups -OCH3 is 2. The molecule has 0 fully saturated rings. The van der Waals surface area contributed by atoms with Crippen molar-refractivity contribution in [2.75, 3.05) is 26.1 Å². The van der Waals surface area contributed by atoms with E-state index in [-0.39, 0.29) is 0 Å². The van der Waals surface area contributed by atoms with Crippen molar-refractivity contribution >= 4 is 33.1 Å². The molecule has 4 rings (SSSR count). The molecule has 3 heterocycles. The highest BCUT2D eigenvalue weighted by molar-refractivity contribution is 9.10. The fourth-order valence-corrected chi connectivity index (χ4v) is 3.67. The first-order chi connectivity index (χ1) is 14.6. The summed E-state index contributed by atoms with van der Waals surface area (Å²) in [5, 5.41) is 3.42. The molecule has 0 saturated carbocycles. The number of benzene rings is 1. The number of nitrogens with one attached hydrogen (secondary N) is 1. The Labute approximate surface area is 183 Å². The van der Waals surface area contributed by atoms with Crippen molar-refractivity contribution < 1.29 is 9.47 Å². The normalized spacial score (nSPS) is 14.0. The highest BCUT2D eigenvalue weighted by atomic mass is 79.9. The first-order valence-electron chi connectivity index (χ1n) is 9.32. The van der Waals surface area contributed by atoms with Gasteiger partial charge >= 0.3 is 0 Å². The molecule has 152 valence electrons. The predicted octanol–water partition coefficient (Wildman–Crippen LogP) is 4.70. The van der Waals surface area contributed by atoms with Crippen molar-refractivity contribution in [2.45, 2.75) is 12.8 Å². The Morgan fingerprint density at radius 3 is 2.67 bits per heavy atom. The minimum atomic E-state index is -0.422. The maximum absolute atomic E-state index is 7.14. The number of aromatic nitrogens is 2. The fraction of sp³-hybridized carbons (Fsp3) is 0.227. The fourth-order valence-electron chi connectivity index (χ4n) is 3.32. The molecule has 0 bridgehead atoms. The molecule has 7 nitrogen and oxygen atoms in total. The highest BCUT2D eigenvalue weighted by Crippen LogP contribution is 2.29. The zero-order valence-electron chi connectivity index (χ0n) is 16.6. The number of pyridine rings is 1. The zero-order valence-corrected chi connectivity index (χ0v) is 18.2. The number of ether oxygens (including phenoxy) is 2. The molecule has 0 radical (unpaired) electrons. The van der Waals surface area contributed by atoms with E-state index in [0.29, 0.717) is 18.8 Å². The summed E-state index contributed by atoms with van der Waals surface area (Å²) in [5.41, 5.74) is 5.48. The Balaban J connectivity index is 1.77. The van der Waals surface area contributed by atoms with Crippen LogP contribution >= 0.6 is 15.9 Å². The summed E-state index contributed by atoms with van der Waals surface area (Å²) >= 11 is 3.46. The minimum Gasteiger partial charge on any atom is -0.354 e. The van der Waals surface area contributed by atoms with E-state index in [1.807, 2.05) is 36.4 Å². The topological polar surface area (TPSA) is 65.0 Å². The van der Waals surface area contributed by atoms with Gasteiger partial charge in [0.05, 0.1) is 36.7 Å². The second kappa shape index (κ2) is 8.79. The summed E-state index contributed by atoms with van der Waals surface area (Å²) in [6, 6.07) is 13.6.